The number of hydrogen-bond donors (Lipinski definition) is 1. The predicted molar refractivity (Wildman–Crippen MR) is 128 cm³/mol. The molecule has 0 aromatic heterocycles. The normalized spacial score (nSPS) is 11.7. The van der Waals surface area contributed by atoms with E-state index < -0.39 is 0 Å². The first-order valence-electron chi connectivity index (χ1n) is 11.8. The molecular weight excluding hydrogens is 384 g/mol. The summed E-state index contributed by atoms with van der Waals surface area (Å²) in [6, 6.07) is 17.9. The highest BCUT2D eigenvalue weighted by atomic mass is 16.2. The quantitative estimate of drug-likeness (QED) is 0.407. The minimum absolute atomic E-state index is 0.0115. The zero-order valence-corrected chi connectivity index (χ0v) is 19.4. The Labute approximate surface area is 188 Å². The van der Waals surface area contributed by atoms with E-state index in [4.69, 9.17) is 0 Å². The van der Waals surface area contributed by atoms with Crippen LogP contribution in [0.2, 0.25) is 0 Å². The fourth-order valence-electron chi connectivity index (χ4n) is 3.61. The van der Waals surface area contributed by atoms with Crippen molar-refractivity contribution in [2.24, 2.45) is 0 Å². The van der Waals surface area contributed by atoms with E-state index in [9.17, 15) is 9.59 Å². The summed E-state index contributed by atoms with van der Waals surface area (Å²) in [5.41, 5.74) is 3.06. The number of rotatable bonds is 13. The molecule has 2 rings (SSSR count). The van der Waals surface area contributed by atoms with Gasteiger partial charge in [0.25, 0.3) is 5.91 Å². The summed E-state index contributed by atoms with van der Waals surface area (Å²) in [5.74, 6) is -0.0191. The SMILES string of the molecule is CCCCCc1ccc(C(=O)N(CCCC)CCC(=O)NC(C)c2ccccc2)cc1. The Hall–Kier alpha value is -2.62. The van der Waals surface area contributed by atoms with Gasteiger partial charge in [0.2, 0.25) is 5.91 Å². The molecule has 1 N–H and O–H groups in total. The van der Waals surface area contributed by atoms with Crippen molar-refractivity contribution in [3.63, 3.8) is 0 Å². The summed E-state index contributed by atoms with van der Waals surface area (Å²) in [5, 5.41) is 3.04. The molecule has 0 saturated heterocycles. The molecule has 0 radical (unpaired) electrons. The Bertz CT molecular complexity index is 787. The Morgan fingerprint density at radius 1 is 0.871 bits per heavy atom. The summed E-state index contributed by atoms with van der Waals surface area (Å²) >= 11 is 0. The summed E-state index contributed by atoms with van der Waals surface area (Å²) in [6.45, 7) is 7.41. The van der Waals surface area contributed by atoms with Crippen LogP contribution in [-0.2, 0) is 11.2 Å². The van der Waals surface area contributed by atoms with Gasteiger partial charge in [-0.3, -0.25) is 9.59 Å². The molecule has 0 saturated carbocycles. The van der Waals surface area contributed by atoms with Gasteiger partial charge in [0.1, 0.15) is 0 Å². The monoisotopic (exact) mass is 422 g/mol. The van der Waals surface area contributed by atoms with Gasteiger partial charge in [0.05, 0.1) is 6.04 Å². The van der Waals surface area contributed by atoms with Gasteiger partial charge in [-0.1, -0.05) is 75.6 Å². The van der Waals surface area contributed by atoms with Gasteiger partial charge in [0, 0.05) is 25.1 Å². The van der Waals surface area contributed by atoms with E-state index in [-0.39, 0.29) is 17.9 Å². The number of nitrogens with zero attached hydrogens (tertiary/aromatic N) is 1. The third-order valence-corrected chi connectivity index (χ3v) is 5.62. The average Bonchev–Trinajstić information content (AvgIpc) is 2.80. The van der Waals surface area contributed by atoms with Crippen LogP contribution >= 0.6 is 0 Å². The standard InChI is InChI=1S/C27H38N2O2/c1-4-6-9-12-23-15-17-25(18-16-23)27(31)29(20-7-5-2)21-19-26(30)28-22(3)24-13-10-8-11-14-24/h8,10-11,13-18,22H,4-7,9,12,19-21H2,1-3H3,(H,28,30). The maximum Gasteiger partial charge on any atom is 0.253 e. The van der Waals surface area contributed by atoms with E-state index in [2.05, 4.69) is 31.3 Å². The van der Waals surface area contributed by atoms with Crippen LogP contribution < -0.4 is 5.32 Å². The Morgan fingerprint density at radius 2 is 1.55 bits per heavy atom. The van der Waals surface area contributed by atoms with Gasteiger partial charge in [-0.2, -0.15) is 0 Å². The first-order valence-corrected chi connectivity index (χ1v) is 11.8. The lowest BCUT2D eigenvalue weighted by Gasteiger charge is -2.23. The third kappa shape index (κ3) is 8.56. The maximum absolute atomic E-state index is 13.1. The minimum atomic E-state index is -0.0475. The van der Waals surface area contributed by atoms with E-state index in [1.54, 1.807) is 0 Å². The van der Waals surface area contributed by atoms with E-state index in [0.717, 1.165) is 24.8 Å². The first-order chi connectivity index (χ1) is 15.0. The second-order valence-corrected chi connectivity index (χ2v) is 8.25. The van der Waals surface area contributed by atoms with E-state index in [1.807, 2.05) is 54.3 Å². The molecule has 0 heterocycles. The number of nitrogens with one attached hydrogen (secondary N) is 1. The Morgan fingerprint density at radius 3 is 2.19 bits per heavy atom. The van der Waals surface area contributed by atoms with Crippen molar-refractivity contribution in [1.29, 1.82) is 0 Å². The summed E-state index contributed by atoms with van der Waals surface area (Å²) in [7, 11) is 0. The average molecular weight is 423 g/mol. The highest BCUT2D eigenvalue weighted by molar-refractivity contribution is 5.94. The topological polar surface area (TPSA) is 49.4 Å². The molecule has 0 aliphatic rings. The lowest BCUT2D eigenvalue weighted by molar-refractivity contribution is -0.121. The van der Waals surface area contributed by atoms with Crippen LogP contribution in [0.25, 0.3) is 0 Å². The number of amides is 2. The Kier molecular flexibility index (Phi) is 10.8. The van der Waals surface area contributed by atoms with Gasteiger partial charge in [-0.15, -0.1) is 0 Å². The molecule has 2 amide bonds. The lowest BCUT2D eigenvalue weighted by atomic mass is 10.0. The molecule has 0 aliphatic heterocycles. The number of hydrogen-bond acceptors (Lipinski definition) is 2. The zero-order valence-electron chi connectivity index (χ0n) is 19.4. The van der Waals surface area contributed by atoms with Crippen LogP contribution in [0.5, 0.6) is 0 Å². The number of unbranched alkanes of at least 4 members (excludes halogenated alkanes) is 3. The van der Waals surface area contributed by atoms with Crippen LogP contribution in [0.15, 0.2) is 54.6 Å². The molecule has 2 aromatic rings. The molecule has 0 bridgehead atoms. The number of benzene rings is 2. The molecule has 1 atom stereocenters. The second-order valence-electron chi connectivity index (χ2n) is 8.25. The maximum atomic E-state index is 13.1. The molecule has 1 unspecified atom stereocenters. The summed E-state index contributed by atoms with van der Waals surface area (Å²) in [6.07, 6.45) is 6.93. The Balaban J connectivity index is 1.92. The smallest absolute Gasteiger partial charge is 0.253 e. The fraction of sp³-hybridized carbons (Fsp3) is 0.481. The molecular formula is C27H38N2O2. The molecule has 4 nitrogen and oxygen atoms in total. The van der Waals surface area contributed by atoms with Crippen LogP contribution in [0.3, 0.4) is 0 Å². The minimum Gasteiger partial charge on any atom is -0.350 e. The van der Waals surface area contributed by atoms with E-state index in [1.165, 1.54) is 24.8 Å². The summed E-state index contributed by atoms with van der Waals surface area (Å²) in [4.78, 5) is 27.4. The second kappa shape index (κ2) is 13.6. The van der Waals surface area contributed by atoms with Gasteiger partial charge in [-0.05, 0) is 49.4 Å². The molecule has 0 aliphatic carbocycles. The molecule has 0 spiro atoms. The largest absolute Gasteiger partial charge is 0.350 e. The number of aryl methyl sites for hydroxylation is 1. The van der Waals surface area contributed by atoms with Gasteiger partial charge >= 0.3 is 0 Å². The van der Waals surface area contributed by atoms with Crippen LogP contribution in [0, 0.1) is 0 Å². The third-order valence-electron chi connectivity index (χ3n) is 5.62. The number of carbonyl (C=O) groups is 2. The van der Waals surface area contributed by atoms with E-state index >= 15 is 0 Å². The molecule has 168 valence electrons. The molecule has 2 aromatic carbocycles. The van der Waals surface area contributed by atoms with Crippen molar-refractivity contribution in [3.8, 4) is 0 Å². The summed E-state index contributed by atoms with van der Waals surface area (Å²) < 4.78 is 0. The number of carbonyl (C=O) groups excluding carboxylic acids is 2. The van der Waals surface area contributed by atoms with Crippen molar-refractivity contribution in [1.82, 2.24) is 10.2 Å². The van der Waals surface area contributed by atoms with Gasteiger partial charge in [0.15, 0.2) is 0 Å². The van der Waals surface area contributed by atoms with Crippen LogP contribution in [-0.4, -0.2) is 29.8 Å². The fourth-order valence-corrected chi connectivity index (χ4v) is 3.61. The highest BCUT2D eigenvalue weighted by Gasteiger charge is 2.17. The van der Waals surface area contributed by atoms with E-state index in [0.29, 0.717) is 25.1 Å². The van der Waals surface area contributed by atoms with Crippen molar-refractivity contribution in [2.75, 3.05) is 13.1 Å². The van der Waals surface area contributed by atoms with Crippen molar-refractivity contribution < 1.29 is 9.59 Å². The van der Waals surface area contributed by atoms with Gasteiger partial charge in [-0.25, -0.2) is 0 Å². The molecule has 4 heteroatoms. The van der Waals surface area contributed by atoms with Gasteiger partial charge < -0.3 is 10.2 Å². The first kappa shape index (κ1) is 24.6. The van der Waals surface area contributed by atoms with Crippen LogP contribution in [0.1, 0.15) is 86.8 Å². The predicted octanol–water partition coefficient (Wildman–Crippen LogP) is 5.93. The lowest BCUT2D eigenvalue weighted by Crippen LogP contribution is -2.36. The molecule has 0 fully saturated rings. The zero-order chi connectivity index (χ0) is 22.5. The molecule has 31 heavy (non-hydrogen) atoms. The highest BCUT2D eigenvalue weighted by Crippen LogP contribution is 2.13. The van der Waals surface area contributed by atoms with Crippen molar-refractivity contribution in [3.05, 3.63) is 71.3 Å². The van der Waals surface area contributed by atoms with Crippen molar-refractivity contribution >= 4 is 11.8 Å². The van der Waals surface area contributed by atoms with Crippen molar-refractivity contribution in [2.45, 2.75) is 71.8 Å². The van der Waals surface area contributed by atoms with Crippen LogP contribution in [0.4, 0.5) is 0 Å².